The molecule has 0 aliphatic heterocycles. The summed E-state index contributed by atoms with van der Waals surface area (Å²) >= 11 is 0. The van der Waals surface area contributed by atoms with Gasteiger partial charge in [0.25, 0.3) is 0 Å². The fraction of sp³-hybridized carbons (Fsp3) is 0.375. The summed E-state index contributed by atoms with van der Waals surface area (Å²) in [7, 11) is 0. The molecule has 0 radical (unpaired) electrons. The van der Waals surface area contributed by atoms with Gasteiger partial charge in [0.05, 0.1) is 12.5 Å². The van der Waals surface area contributed by atoms with E-state index in [4.69, 9.17) is 4.42 Å². The van der Waals surface area contributed by atoms with E-state index in [0.717, 1.165) is 24.0 Å². The Balaban J connectivity index is 1.53. The van der Waals surface area contributed by atoms with Gasteiger partial charge in [-0.2, -0.15) is 0 Å². The van der Waals surface area contributed by atoms with Crippen molar-refractivity contribution in [3.05, 3.63) is 77.3 Å². The van der Waals surface area contributed by atoms with Gasteiger partial charge in [0.2, 0.25) is 0 Å². The molecule has 0 fully saturated rings. The molecule has 2 aromatic rings. The van der Waals surface area contributed by atoms with E-state index in [1.54, 1.807) is 12.5 Å². The van der Waals surface area contributed by atoms with Crippen LogP contribution in [-0.4, -0.2) is 5.78 Å². The lowest BCUT2D eigenvalue weighted by Crippen LogP contribution is -2.07. The Bertz CT molecular complexity index is 789. The zero-order valence-electron chi connectivity index (χ0n) is 16.0. The summed E-state index contributed by atoms with van der Waals surface area (Å²) in [5, 5.41) is 0. The van der Waals surface area contributed by atoms with Crippen LogP contribution in [0.5, 0.6) is 0 Å². The summed E-state index contributed by atoms with van der Waals surface area (Å²) in [5.74, 6) is 1.25. The molecule has 26 heavy (non-hydrogen) atoms. The Morgan fingerprint density at radius 3 is 2.50 bits per heavy atom. The number of carbonyl (C=O) groups is 1. The summed E-state index contributed by atoms with van der Waals surface area (Å²) in [6, 6.07) is 10.5. The standard InChI is InChI=1S/C24H28O2/c1-4-23-20(10-12-24(23)21-13-14-26-16-21)9-11-22(25)15-18-5-7-19(8-6-18)17(2)3/h5-8,10,12-14,16-17,23H,4,9,11,15H2,1-3H3. The predicted molar refractivity (Wildman–Crippen MR) is 107 cm³/mol. The maximum absolute atomic E-state index is 12.4. The molecular formula is C24H28O2. The first-order chi connectivity index (χ1) is 12.6. The van der Waals surface area contributed by atoms with Crippen LogP contribution in [0.15, 0.2) is 65.0 Å². The third kappa shape index (κ3) is 4.24. The molecule has 0 amide bonds. The van der Waals surface area contributed by atoms with Crippen molar-refractivity contribution in [3.63, 3.8) is 0 Å². The third-order valence-corrected chi connectivity index (χ3v) is 5.30. The molecule has 0 N–H and O–H groups in total. The number of furan rings is 1. The zero-order valence-corrected chi connectivity index (χ0v) is 16.0. The third-order valence-electron chi connectivity index (χ3n) is 5.30. The van der Waals surface area contributed by atoms with Crippen LogP contribution >= 0.6 is 0 Å². The Kier molecular flexibility index (Phi) is 5.92. The predicted octanol–water partition coefficient (Wildman–Crippen LogP) is 6.34. The first-order valence-electron chi connectivity index (χ1n) is 9.62. The molecule has 2 heteroatoms. The minimum absolute atomic E-state index is 0.315. The number of ketones is 1. The number of hydrogen-bond acceptors (Lipinski definition) is 2. The summed E-state index contributed by atoms with van der Waals surface area (Å²) in [4.78, 5) is 12.4. The van der Waals surface area contributed by atoms with Gasteiger partial charge in [-0.3, -0.25) is 4.79 Å². The maximum atomic E-state index is 12.4. The van der Waals surface area contributed by atoms with Gasteiger partial charge in [-0.05, 0) is 41.5 Å². The SMILES string of the molecule is CCC1C(CCC(=O)Cc2ccc(C(C)C)cc2)=CC=C1c1ccoc1. The van der Waals surface area contributed by atoms with E-state index < -0.39 is 0 Å². The Morgan fingerprint density at radius 1 is 1.12 bits per heavy atom. The molecule has 1 unspecified atom stereocenters. The topological polar surface area (TPSA) is 30.2 Å². The minimum atomic E-state index is 0.315. The molecule has 0 bridgehead atoms. The van der Waals surface area contributed by atoms with Crippen molar-refractivity contribution in [2.24, 2.45) is 5.92 Å². The molecule has 1 aliphatic rings. The second-order valence-corrected chi connectivity index (χ2v) is 7.45. The average molecular weight is 348 g/mol. The summed E-state index contributed by atoms with van der Waals surface area (Å²) < 4.78 is 5.22. The van der Waals surface area contributed by atoms with Gasteiger partial charge in [0.1, 0.15) is 5.78 Å². The number of carbonyl (C=O) groups excluding carboxylic acids is 1. The molecule has 0 saturated carbocycles. The van der Waals surface area contributed by atoms with Crippen LogP contribution in [0.1, 0.15) is 62.6 Å². The molecule has 1 atom stereocenters. The van der Waals surface area contributed by atoms with Crippen molar-refractivity contribution >= 4 is 11.4 Å². The largest absolute Gasteiger partial charge is 0.472 e. The van der Waals surface area contributed by atoms with Gasteiger partial charge >= 0.3 is 0 Å². The van der Waals surface area contributed by atoms with Gasteiger partial charge < -0.3 is 4.42 Å². The van der Waals surface area contributed by atoms with E-state index >= 15 is 0 Å². The van der Waals surface area contributed by atoms with Crippen LogP contribution < -0.4 is 0 Å². The van der Waals surface area contributed by atoms with Crippen LogP contribution in [0.4, 0.5) is 0 Å². The summed E-state index contributed by atoms with van der Waals surface area (Å²) in [6.45, 7) is 6.58. The average Bonchev–Trinajstić information content (AvgIpc) is 3.29. The highest BCUT2D eigenvalue weighted by Crippen LogP contribution is 2.38. The van der Waals surface area contributed by atoms with Crippen molar-refractivity contribution in [1.82, 2.24) is 0 Å². The van der Waals surface area contributed by atoms with Crippen molar-refractivity contribution in [2.45, 2.75) is 52.4 Å². The fourth-order valence-corrected chi connectivity index (χ4v) is 3.71. The first-order valence-corrected chi connectivity index (χ1v) is 9.62. The second kappa shape index (κ2) is 8.35. The van der Waals surface area contributed by atoms with Crippen molar-refractivity contribution in [1.29, 1.82) is 0 Å². The smallest absolute Gasteiger partial charge is 0.137 e. The fourth-order valence-electron chi connectivity index (χ4n) is 3.71. The molecule has 1 aromatic carbocycles. The van der Waals surface area contributed by atoms with Crippen LogP contribution in [0.2, 0.25) is 0 Å². The number of allylic oxidation sites excluding steroid dienone is 4. The number of benzene rings is 1. The van der Waals surface area contributed by atoms with Crippen LogP contribution in [0.25, 0.3) is 5.57 Å². The zero-order chi connectivity index (χ0) is 18.5. The second-order valence-electron chi connectivity index (χ2n) is 7.45. The summed E-state index contributed by atoms with van der Waals surface area (Å²) in [5.41, 5.74) is 6.27. The van der Waals surface area contributed by atoms with E-state index in [0.29, 0.717) is 30.5 Å². The van der Waals surface area contributed by atoms with E-state index in [1.807, 2.05) is 6.07 Å². The lowest BCUT2D eigenvalue weighted by atomic mass is 9.87. The Hall–Kier alpha value is -2.35. The number of rotatable bonds is 8. The molecule has 1 aromatic heterocycles. The minimum Gasteiger partial charge on any atom is -0.472 e. The lowest BCUT2D eigenvalue weighted by molar-refractivity contribution is -0.118. The normalized spacial score (nSPS) is 16.7. The Labute approximate surface area is 156 Å². The van der Waals surface area contributed by atoms with Crippen LogP contribution in [0, 0.1) is 5.92 Å². The molecule has 0 saturated heterocycles. The molecule has 1 aliphatic carbocycles. The van der Waals surface area contributed by atoms with E-state index in [1.165, 1.54) is 16.7 Å². The maximum Gasteiger partial charge on any atom is 0.137 e. The lowest BCUT2D eigenvalue weighted by Gasteiger charge is -2.17. The molecule has 3 rings (SSSR count). The molecular weight excluding hydrogens is 320 g/mol. The Morgan fingerprint density at radius 2 is 1.88 bits per heavy atom. The highest BCUT2D eigenvalue weighted by molar-refractivity contribution is 5.81. The van der Waals surface area contributed by atoms with Gasteiger partial charge in [0, 0.05) is 24.3 Å². The quantitative estimate of drug-likeness (QED) is 0.557. The van der Waals surface area contributed by atoms with Crippen molar-refractivity contribution < 1.29 is 9.21 Å². The molecule has 1 heterocycles. The van der Waals surface area contributed by atoms with Crippen molar-refractivity contribution in [3.8, 4) is 0 Å². The van der Waals surface area contributed by atoms with Gasteiger partial charge in [-0.15, -0.1) is 0 Å². The first kappa shape index (κ1) is 18.4. The highest BCUT2D eigenvalue weighted by Gasteiger charge is 2.23. The van der Waals surface area contributed by atoms with Crippen LogP contribution in [-0.2, 0) is 11.2 Å². The van der Waals surface area contributed by atoms with E-state index in [2.05, 4.69) is 57.2 Å². The van der Waals surface area contributed by atoms with Crippen molar-refractivity contribution in [2.75, 3.05) is 0 Å². The highest BCUT2D eigenvalue weighted by atomic mass is 16.3. The van der Waals surface area contributed by atoms with Gasteiger partial charge in [-0.25, -0.2) is 0 Å². The monoisotopic (exact) mass is 348 g/mol. The molecule has 136 valence electrons. The number of Topliss-reactive ketones (excluding diaryl/α,β-unsaturated/α-hetero) is 1. The number of hydrogen-bond donors (Lipinski definition) is 0. The van der Waals surface area contributed by atoms with Crippen LogP contribution in [0.3, 0.4) is 0 Å². The van der Waals surface area contributed by atoms with E-state index in [9.17, 15) is 4.79 Å². The van der Waals surface area contributed by atoms with Gasteiger partial charge in [0.15, 0.2) is 0 Å². The summed E-state index contributed by atoms with van der Waals surface area (Å²) in [6.07, 6.45) is 10.9. The molecule has 0 spiro atoms. The van der Waals surface area contributed by atoms with Gasteiger partial charge in [-0.1, -0.05) is 62.8 Å². The van der Waals surface area contributed by atoms with E-state index in [-0.39, 0.29) is 0 Å². The molecule has 2 nitrogen and oxygen atoms in total.